The van der Waals surface area contributed by atoms with Gasteiger partial charge in [-0.1, -0.05) is 12.1 Å². The van der Waals surface area contributed by atoms with Crippen LogP contribution in [0.1, 0.15) is 25.0 Å². The molecule has 1 aliphatic rings. The average molecular weight is 382 g/mol. The van der Waals surface area contributed by atoms with Gasteiger partial charge >= 0.3 is 0 Å². The minimum atomic E-state index is 0.730. The highest BCUT2D eigenvalue weighted by molar-refractivity contribution is 14.1. The van der Waals surface area contributed by atoms with E-state index < -0.39 is 0 Å². The standard InChI is InChI=1S/C16H19IN2O/c17-16-9-8-13(20-16)12-18-14-6-2-3-7-15(14)19-10-4-1-5-11-19/h2-3,6-9,18H,1,4-5,10-12H2. The Balaban J connectivity index is 1.72. The number of para-hydroxylation sites is 2. The van der Waals surface area contributed by atoms with Gasteiger partial charge < -0.3 is 14.6 Å². The first-order valence-corrected chi connectivity index (χ1v) is 8.23. The molecule has 2 aromatic rings. The summed E-state index contributed by atoms with van der Waals surface area (Å²) in [5.41, 5.74) is 2.51. The van der Waals surface area contributed by atoms with Crippen molar-refractivity contribution in [2.24, 2.45) is 0 Å². The van der Waals surface area contributed by atoms with Crippen LogP contribution in [0.5, 0.6) is 0 Å². The Labute approximate surface area is 133 Å². The van der Waals surface area contributed by atoms with Gasteiger partial charge in [-0.05, 0) is 66.1 Å². The zero-order valence-corrected chi connectivity index (χ0v) is 13.6. The first-order valence-electron chi connectivity index (χ1n) is 7.15. The van der Waals surface area contributed by atoms with Crippen molar-refractivity contribution >= 4 is 34.0 Å². The lowest BCUT2D eigenvalue weighted by molar-refractivity contribution is 0.493. The number of furan rings is 1. The largest absolute Gasteiger partial charge is 0.454 e. The minimum Gasteiger partial charge on any atom is -0.454 e. The summed E-state index contributed by atoms with van der Waals surface area (Å²) in [6, 6.07) is 12.6. The molecule has 1 aliphatic heterocycles. The van der Waals surface area contributed by atoms with E-state index in [0.29, 0.717) is 0 Å². The molecule has 106 valence electrons. The second-order valence-corrected chi connectivity index (χ2v) is 6.19. The third-order valence-electron chi connectivity index (χ3n) is 3.68. The molecule has 4 heteroatoms. The van der Waals surface area contributed by atoms with E-state index in [1.54, 1.807) is 0 Å². The molecule has 1 aromatic carbocycles. The molecule has 0 radical (unpaired) electrons. The number of nitrogens with zero attached hydrogens (tertiary/aromatic N) is 1. The van der Waals surface area contributed by atoms with Gasteiger partial charge in [-0.15, -0.1) is 0 Å². The normalized spacial score (nSPS) is 15.3. The fourth-order valence-electron chi connectivity index (χ4n) is 2.66. The van der Waals surface area contributed by atoms with Gasteiger partial charge in [0, 0.05) is 13.1 Å². The van der Waals surface area contributed by atoms with Gasteiger partial charge in [0.05, 0.1) is 17.9 Å². The zero-order chi connectivity index (χ0) is 13.8. The maximum absolute atomic E-state index is 5.60. The Morgan fingerprint density at radius 2 is 1.85 bits per heavy atom. The van der Waals surface area contributed by atoms with E-state index in [-0.39, 0.29) is 0 Å². The maximum Gasteiger partial charge on any atom is 0.164 e. The number of nitrogens with one attached hydrogen (secondary N) is 1. The Morgan fingerprint density at radius 1 is 1.05 bits per heavy atom. The molecule has 0 unspecified atom stereocenters. The highest BCUT2D eigenvalue weighted by Gasteiger charge is 2.14. The molecule has 3 rings (SSSR count). The minimum absolute atomic E-state index is 0.730. The molecule has 1 fully saturated rings. The molecule has 0 aliphatic carbocycles. The maximum atomic E-state index is 5.60. The van der Waals surface area contributed by atoms with Crippen molar-refractivity contribution in [3.8, 4) is 0 Å². The van der Waals surface area contributed by atoms with E-state index >= 15 is 0 Å². The Hall–Kier alpha value is -1.17. The molecule has 20 heavy (non-hydrogen) atoms. The molecular formula is C16H19IN2O. The Morgan fingerprint density at radius 3 is 2.60 bits per heavy atom. The van der Waals surface area contributed by atoms with Crippen LogP contribution in [0, 0.1) is 3.77 Å². The predicted octanol–water partition coefficient (Wildman–Crippen LogP) is 4.49. The monoisotopic (exact) mass is 382 g/mol. The van der Waals surface area contributed by atoms with E-state index in [1.807, 2.05) is 12.1 Å². The molecule has 0 amide bonds. The molecular weight excluding hydrogens is 363 g/mol. The van der Waals surface area contributed by atoms with Crippen LogP contribution in [0.25, 0.3) is 0 Å². The van der Waals surface area contributed by atoms with Gasteiger partial charge in [0.2, 0.25) is 0 Å². The second kappa shape index (κ2) is 6.52. The van der Waals surface area contributed by atoms with Crippen molar-refractivity contribution in [2.75, 3.05) is 23.3 Å². The molecule has 0 bridgehead atoms. The van der Waals surface area contributed by atoms with E-state index in [0.717, 1.165) is 29.2 Å². The Bertz CT molecular complexity index is 561. The molecule has 1 N–H and O–H groups in total. The average Bonchev–Trinajstić information content (AvgIpc) is 2.92. The molecule has 0 saturated carbocycles. The predicted molar refractivity (Wildman–Crippen MR) is 91.3 cm³/mol. The van der Waals surface area contributed by atoms with E-state index in [9.17, 15) is 0 Å². The van der Waals surface area contributed by atoms with Crippen LogP contribution >= 0.6 is 22.6 Å². The first-order chi connectivity index (χ1) is 9.83. The number of halogens is 1. The molecule has 3 nitrogen and oxygen atoms in total. The van der Waals surface area contributed by atoms with E-state index in [2.05, 4.69) is 57.1 Å². The summed E-state index contributed by atoms with van der Waals surface area (Å²) in [5, 5.41) is 3.50. The highest BCUT2D eigenvalue weighted by atomic mass is 127. The molecule has 2 heterocycles. The van der Waals surface area contributed by atoms with Crippen molar-refractivity contribution in [3.63, 3.8) is 0 Å². The lowest BCUT2D eigenvalue weighted by Gasteiger charge is -2.30. The molecule has 0 atom stereocenters. The summed E-state index contributed by atoms with van der Waals surface area (Å²) in [4.78, 5) is 2.48. The number of anilines is 2. The summed E-state index contributed by atoms with van der Waals surface area (Å²) < 4.78 is 6.54. The van der Waals surface area contributed by atoms with E-state index in [1.165, 1.54) is 30.6 Å². The van der Waals surface area contributed by atoms with Crippen LogP contribution in [0.2, 0.25) is 0 Å². The number of rotatable bonds is 4. The van der Waals surface area contributed by atoms with Crippen molar-refractivity contribution in [3.05, 3.63) is 45.9 Å². The fraction of sp³-hybridized carbons (Fsp3) is 0.375. The van der Waals surface area contributed by atoms with Gasteiger partial charge in [0.15, 0.2) is 3.77 Å². The topological polar surface area (TPSA) is 28.4 Å². The van der Waals surface area contributed by atoms with Gasteiger partial charge in [0.1, 0.15) is 5.76 Å². The quantitative estimate of drug-likeness (QED) is 0.791. The van der Waals surface area contributed by atoms with Crippen molar-refractivity contribution < 1.29 is 4.42 Å². The van der Waals surface area contributed by atoms with Crippen molar-refractivity contribution in [1.82, 2.24) is 0 Å². The third-order valence-corrected chi connectivity index (χ3v) is 4.26. The van der Waals surface area contributed by atoms with Crippen LogP contribution in [0.4, 0.5) is 11.4 Å². The van der Waals surface area contributed by atoms with Gasteiger partial charge in [0.25, 0.3) is 0 Å². The third kappa shape index (κ3) is 3.29. The van der Waals surface area contributed by atoms with Crippen molar-refractivity contribution in [2.45, 2.75) is 25.8 Å². The molecule has 1 saturated heterocycles. The summed E-state index contributed by atoms with van der Waals surface area (Å²) in [5.74, 6) is 0.975. The van der Waals surface area contributed by atoms with Crippen LogP contribution in [0.3, 0.4) is 0 Å². The van der Waals surface area contributed by atoms with E-state index in [4.69, 9.17) is 4.42 Å². The van der Waals surface area contributed by atoms with Crippen LogP contribution in [-0.4, -0.2) is 13.1 Å². The summed E-state index contributed by atoms with van der Waals surface area (Å²) >= 11 is 2.19. The lowest BCUT2D eigenvalue weighted by Crippen LogP contribution is -2.30. The van der Waals surface area contributed by atoms with Gasteiger partial charge in [-0.25, -0.2) is 0 Å². The highest BCUT2D eigenvalue weighted by Crippen LogP contribution is 2.28. The summed E-state index contributed by atoms with van der Waals surface area (Å²) in [6.45, 7) is 3.06. The molecule has 0 spiro atoms. The summed E-state index contributed by atoms with van der Waals surface area (Å²) in [7, 11) is 0. The second-order valence-electron chi connectivity index (χ2n) is 5.12. The lowest BCUT2D eigenvalue weighted by atomic mass is 10.1. The number of hydrogen-bond donors (Lipinski definition) is 1. The smallest absolute Gasteiger partial charge is 0.164 e. The van der Waals surface area contributed by atoms with Gasteiger partial charge in [-0.3, -0.25) is 0 Å². The zero-order valence-electron chi connectivity index (χ0n) is 11.4. The Kier molecular flexibility index (Phi) is 4.50. The summed E-state index contributed by atoms with van der Waals surface area (Å²) in [6.07, 6.45) is 3.95. The van der Waals surface area contributed by atoms with Crippen molar-refractivity contribution in [1.29, 1.82) is 0 Å². The SMILES string of the molecule is Ic1ccc(CNc2ccccc2N2CCCCC2)o1. The fourth-order valence-corrected chi connectivity index (χ4v) is 3.13. The number of hydrogen-bond acceptors (Lipinski definition) is 3. The van der Waals surface area contributed by atoms with Crippen LogP contribution in [0.15, 0.2) is 40.8 Å². The molecule has 1 aromatic heterocycles. The van der Waals surface area contributed by atoms with Crippen LogP contribution in [-0.2, 0) is 6.54 Å². The van der Waals surface area contributed by atoms with Crippen LogP contribution < -0.4 is 10.2 Å². The van der Waals surface area contributed by atoms with Gasteiger partial charge in [-0.2, -0.15) is 0 Å². The first kappa shape index (κ1) is 13.8. The number of benzene rings is 1. The number of piperidine rings is 1.